The molecule has 0 saturated heterocycles. The molecule has 1 aromatic heterocycles. The van der Waals surface area contributed by atoms with Gasteiger partial charge in [0, 0.05) is 17.8 Å². The zero-order valence-corrected chi connectivity index (χ0v) is 9.36. The van der Waals surface area contributed by atoms with Crippen LogP contribution >= 0.6 is 0 Å². The molecule has 8 heteroatoms. The van der Waals surface area contributed by atoms with E-state index < -0.39 is 22.2 Å². The van der Waals surface area contributed by atoms with Crippen LogP contribution in [0.2, 0.25) is 0 Å². The monoisotopic (exact) mass is 264 g/mol. The van der Waals surface area contributed by atoms with Crippen molar-refractivity contribution in [2.75, 3.05) is 5.32 Å². The Morgan fingerprint density at radius 3 is 2.79 bits per heavy atom. The molecule has 1 heterocycles. The molecule has 0 atom stereocenters. The number of nitro benzene ring substituents is 1. The molecule has 0 unspecified atom stereocenters. The summed E-state index contributed by atoms with van der Waals surface area (Å²) in [6, 6.07) is 5.44. The number of rotatable bonds is 4. The van der Waals surface area contributed by atoms with E-state index in [0.29, 0.717) is 0 Å². The quantitative estimate of drug-likeness (QED) is 0.571. The number of anilines is 2. The van der Waals surface area contributed by atoms with Gasteiger partial charge in [0.1, 0.15) is 6.26 Å². The first-order valence-electron chi connectivity index (χ1n) is 5.04. The fourth-order valence-electron chi connectivity index (χ4n) is 1.48. The van der Waals surface area contributed by atoms with Crippen molar-refractivity contribution in [3.63, 3.8) is 0 Å². The van der Waals surface area contributed by atoms with Gasteiger partial charge in [0.2, 0.25) is 5.88 Å². The number of hydrogen-bond donors (Lipinski definition) is 3. The van der Waals surface area contributed by atoms with Gasteiger partial charge in [0.05, 0.1) is 4.92 Å². The molecule has 0 aliphatic carbocycles. The number of carboxylic acid groups (broad SMARTS) is 1. The standard InChI is InChI=1S/C11H8N2O6/c14-8-5-19-10(9(8)11(15)16)12-6-2-1-3-7(4-6)13(17)18/h1-5,12,14H,(H,15,16). The molecule has 0 aliphatic heterocycles. The second-order valence-electron chi connectivity index (χ2n) is 3.56. The zero-order chi connectivity index (χ0) is 14.0. The lowest BCUT2D eigenvalue weighted by Crippen LogP contribution is -2.00. The molecule has 2 rings (SSSR count). The SMILES string of the molecule is O=C(O)c1c(O)coc1Nc1cccc([N+](=O)[O-])c1. The van der Waals surface area contributed by atoms with Crippen LogP contribution in [0.25, 0.3) is 0 Å². The molecule has 3 N–H and O–H groups in total. The van der Waals surface area contributed by atoms with Gasteiger partial charge >= 0.3 is 5.97 Å². The van der Waals surface area contributed by atoms with Gasteiger partial charge in [-0.15, -0.1) is 0 Å². The lowest BCUT2D eigenvalue weighted by Gasteiger charge is -2.03. The van der Waals surface area contributed by atoms with Crippen molar-refractivity contribution in [3.8, 4) is 5.75 Å². The number of benzene rings is 1. The number of aromatic hydroxyl groups is 1. The van der Waals surface area contributed by atoms with Crippen molar-refractivity contribution in [1.82, 2.24) is 0 Å². The maximum Gasteiger partial charge on any atom is 0.345 e. The van der Waals surface area contributed by atoms with Gasteiger partial charge in [-0.2, -0.15) is 0 Å². The van der Waals surface area contributed by atoms with Crippen LogP contribution in [0.15, 0.2) is 34.9 Å². The number of nitrogens with one attached hydrogen (secondary N) is 1. The lowest BCUT2D eigenvalue weighted by molar-refractivity contribution is -0.384. The predicted octanol–water partition coefficient (Wildman–Crippen LogP) is 2.34. The van der Waals surface area contributed by atoms with Gasteiger partial charge in [-0.1, -0.05) is 6.07 Å². The highest BCUT2D eigenvalue weighted by atomic mass is 16.6. The molecule has 8 nitrogen and oxygen atoms in total. The maximum atomic E-state index is 10.9. The van der Waals surface area contributed by atoms with Crippen LogP contribution in [0, 0.1) is 10.1 Å². The summed E-state index contributed by atoms with van der Waals surface area (Å²) in [5.74, 6) is -2.11. The Bertz CT molecular complexity index is 648. The number of aromatic carboxylic acids is 1. The van der Waals surface area contributed by atoms with Crippen molar-refractivity contribution < 1.29 is 24.3 Å². The number of nitro groups is 1. The Morgan fingerprint density at radius 1 is 1.42 bits per heavy atom. The first-order valence-corrected chi connectivity index (χ1v) is 5.04. The summed E-state index contributed by atoms with van der Waals surface area (Å²) in [5, 5.41) is 31.4. The van der Waals surface area contributed by atoms with Gasteiger partial charge in [0.15, 0.2) is 11.3 Å². The number of carboxylic acids is 1. The third-order valence-corrected chi connectivity index (χ3v) is 2.30. The van der Waals surface area contributed by atoms with Crippen LogP contribution in [0.1, 0.15) is 10.4 Å². The summed E-state index contributed by atoms with van der Waals surface area (Å²) in [4.78, 5) is 20.9. The molecule has 0 spiro atoms. The number of carbonyl (C=O) groups is 1. The smallest absolute Gasteiger partial charge is 0.345 e. The summed E-state index contributed by atoms with van der Waals surface area (Å²) in [6.07, 6.45) is 0.864. The van der Waals surface area contributed by atoms with E-state index in [-0.39, 0.29) is 17.3 Å². The van der Waals surface area contributed by atoms with Gasteiger partial charge in [-0.05, 0) is 6.07 Å². The molecule has 98 valence electrons. The third kappa shape index (κ3) is 2.46. The number of nitrogens with zero attached hydrogens (tertiary/aromatic N) is 1. The van der Waals surface area contributed by atoms with Gasteiger partial charge in [-0.3, -0.25) is 10.1 Å². The average Bonchev–Trinajstić information content (AvgIpc) is 2.70. The highest BCUT2D eigenvalue weighted by Crippen LogP contribution is 2.31. The maximum absolute atomic E-state index is 10.9. The molecule has 1 aromatic carbocycles. The van der Waals surface area contributed by atoms with E-state index in [0.717, 1.165) is 6.26 Å². The minimum absolute atomic E-state index is 0.155. The van der Waals surface area contributed by atoms with Crippen LogP contribution in [-0.4, -0.2) is 21.1 Å². The molecule has 2 aromatic rings. The normalized spacial score (nSPS) is 10.1. The number of non-ortho nitro benzene ring substituents is 1. The Kier molecular flexibility index (Phi) is 3.06. The Labute approximate surface area is 106 Å². The minimum atomic E-state index is -1.38. The highest BCUT2D eigenvalue weighted by Gasteiger charge is 2.20. The van der Waals surface area contributed by atoms with E-state index in [9.17, 15) is 20.0 Å². The summed E-state index contributed by atoms with van der Waals surface area (Å²) in [5.41, 5.74) is -0.324. The molecule has 0 amide bonds. The van der Waals surface area contributed by atoms with Crippen LogP contribution < -0.4 is 5.32 Å². The average molecular weight is 264 g/mol. The van der Waals surface area contributed by atoms with E-state index in [2.05, 4.69) is 5.32 Å². The predicted molar refractivity (Wildman–Crippen MR) is 63.7 cm³/mol. The van der Waals surface area contributed by atoms with Crippen LogP contribution in [0.3, 0.4) is 0 Å². The Balaban J connectivity index is 2.34. The second-order valence-corrected chi connectivity index (χ2v) is 3.56. The first-order chi connectivity index (χ1) is 8.99. The molecule has 0 fully saturated rings. The number of furan rings is 1. The Morgan fingerprint density at radius 2 is 2.16 bits per heavy atom. The second kappa shape index (κ2) is 4.69. The van der Waals surface area contributed by atoms with E-state index in [1.54, 1.807) is 0 Å². The van der Waals surface area contributed by atoms with E-state index in [4.69, 9.17) is 9.52 Å². The Hall–Kier alpha value is -3.03. The topological polar surface area (TPSA) is 126 Å². The third-order valence-electron chi connectivity index (χ3n) is 2.30. The molecular weight excluding hydrogens is 256 g/mol. The van der Waals surface area contributed by atoms with Crippen molar-refractivity contribution in [2.24, 2.45) is 0 Å². The molecule has 0 saturated carbocycles. The van der Waals surface area contributed by atoms with Crippen LogP contribution in [0.4, 0.5) is 17.3 Å². The van der Waals surface area contributed by atoms with Crippen LogP contribution in [-0.2, 0) is 0 Å². The van der Waals surface area contributed by atoms with E-state index in [1.807, 2.05) is 0 Å². The summed E-state index contributed by atoms with van der Waals surface area (Å²) in [7, 11) is 0. The van der Waals surface area contributed by atoms with E-state index >= 15 is 0 Å². The van der Waals surface area contributed by atoms with Crippen molar-refractivity contribution in [3.05, 3.63) is 46.2 Å². The van der Waals surface area contributed by atoms with Crippen molar-refractivity contribution in [2.45, 2.75) is 0 Å². The summed E-state index contributed by atoms with van der Waals surface area (Å²) < 4.78 is 4.85. The fraction of sp³-hybridized carbons (Fsp3) is 0. The molecule has 0 radical (unpaired) electrons. The highest BCUT2D eigenvalue weighted by molar-refractivity contribution is 5.96. The largest absolute Gasteiger partial charge is 0.504 e. The fourth-order valence-corrected chi connectivity index (χ4v) is 1.48. The zero-order valence-electron chi connectivity index (χ0n) is 9.36. The van der Waals surface area contributed by atoms with Crippen LogP contribution in [0.5, 0.6) is 5.75 Å². The lowest BCUT2D eigenvalue weighted by atomic mass is 10.2. The summed E-state index contributed by atoms with van der Waals surface area (Å²) >= 11 is 0. The number of hydrogen-bond acceptors (Lipinski definition) is 6. The summed E-state index contributed by atoms with van der Waals surface area (Å²) in [6.45, 7) is 0. The van der Waals surface area contributed by atoms with Crippen molar-refractivity contribution >= 4 is 23.2 Å². The van der Waals surface area contributed by atoms with Gasteiger partial charge in [-0.25, -0.2) is 4.79 Å². The molecule has 19 heavy (non-hydrogen) atoms. The minimum Gasteiger partial charge on any atom is -0.504 e. The first kappa shape index (κ1) is 12.4. The molecule has 0 bridgehead atoms. The molecule has 0 aliphatic rings. The van der Waals surface area contributed by atoms with E-state index in [1.165, 1.54) is 24.3 Å². The van der Waals surface area contributed by atoms with Gasteiger partial charge < -0.3 is 19.9 Å². The van der Waals surface area contributed by atoms with Gasteiger partial charge in [0.25, 0.3) is 5.69 Å². The van der Waals surface area contributed by atoms with Crippen molar-refractivity contribution in [1.29, 1.82) is 0 Å². The molecular formula is C11H8N2O6.